The van der Waals surface area contributed by atoms with Crippen LogP contribution in [-0.4, -0.2) is 15.9 Å². The van der Waals surface area contributed by atoms with Crippen LogP contribution >= 0.6 is 22.9 Å². The van der Waals surface area contributed by atoms with Crippen LogP contribution in [0.15, 0.2) is 29.8 Å². The maximum atomic E-state index is 6.05. The summed E-state index contributed by atoms with van der Waals surface area (Å²) in [5.41, 5.74) is 9.97. The monoisotopic (exact) mass is 291 g/mol. The van der Waals surface area contributed by atoms with Crippen LogP contribution in [0.25, 0.3) is 16.2 Å². The second-order valence-corrected chi connectivity index (χ2v) is 5.75. The molecule has 0 saturated heterocycles. The number of nitrogens with two attached hydrogens (primary N) is 1. The first kappa shape index (κ1) is 12.7. The molecular weight excluding hydrogens is 278 g/mol. The van der Waals surface area contributed by atoms with Crippen LogP contribution in [0.2, 0.25) is 5.02 Å². The molecule has 2 aromatic heterocycles. The van der Waals surface area contributed by atoms with E-state index in [0.29, 0.717) is 6.54 Å². The number of hydrogen-bond acceptors (Lipinski definition) is 3. The minimum absolute atomic E-state index is 0.652. The van der Waals surface area contributed by atoms with Crippen molar-refractivity contribution < 1.29 is 0 Å². The van der Waals surface area contributed by atoms with Crippen molar-refractivity contribution in [3.05, 3.63) is 46.1 Å². The number of aryl methyl sites for hydroxylation is 1. The van der Waals surface area contributed by atoms with Gasteiger partial charge in [-0.3, -0.25) is 4.40 Å². The van der Waals surface area contributed by atoms with Crippen molar-refractivity contribution in [2.24, 2.45) is 5.73 Å². The first-order valence-electron chi connectivity index (χ1n) is 6.11. The highest BCUT2D eigenvalue weighted by Gasteiger charge is 2.09. The number of hydrogen-bond donors (Lipinski definition) is 1. The largest absolute Gasteiger partial charge is 0.330 e. The lowest BCUT2D eigenvalue weighted by Gasteiger charge is -2.00. The maximum absolute atomic E-state index is 6.05. The van der Waals surface area contributed by atoms with Crippen molar-refractivity contribution in [1.82, 2.24) is 9.38 Å². The molecule has 1 aromatic carbocycles. The van der Waals surface area contributed by atoms with Gasteiger partial charge in [0.15, 0.2) is 4.96 Å². The molecule has 0 saturated carbocycles. The smallest absolute Gasteiger partial charge is 0.194 e. The summed E-state index contributed by atoms with van der Waals surface area (Å²) < 4.78 is 2.12. The maximum Gasteiger partial charge on any atom is 0.194 e. The number of nitrogens with zero attached hydrogens (tertiary/aromatic N) is 2. The number of benzene rings is 1. The molecule has 0 fully saturated rings. The minimum atomic E-state index is 0.652. The molecule has 2 N–H and O–H groups in total. The van der Waals surface area contributed by atoms with E-state index in [1.165, 1.54) is 5.69 Å². The van der Waals surface area contributed by atoms with E-state index in [-0.39, 0.29) is 0 Å². The van der Waals surface area contributed by atoms with E-state index in [2.05, 4.69) is 27.0 Å². The molecule has 0 spiro atoms. The van der Waals surface area contributed by atoms with Gasteiger partial charge in [0.05, 0.1) is 5.69 Å². The summed E-state index contributed by atoms with van der Waals surface area (Å²) >= 11 is 7.70. The quantitative estimate of drug-likeness (QED) is 0.802. The van der Waals surface area contributed by atoms with E-state index in [1.807, 2.05) is 19.1 Å². The van der Waals surface area contributed by atoms with Gasteiger partial charge in [-0.1, -0.05) is 17.7 Å². The van der Waals surface area contributed by atoms with Crippen molar-refractivity contribution >= 4 is 27.9 Å². The molecular formula is C14H14ClN3S. The molecule has 0 aliphatic carbocycles. The summed E-state index contributed by atoms with van der Waals surface area (Å²) in [6.45, 7) is 2.66. The van der Waals surface area contributed by atoms with E-state index in [9.17, 15) is 0 Å². The van der Waals surface area contributed by atoms with Crippen LogP contribution in [0.4, 0.5) is 0 Å². The van der Waals surface area contributed by atoms with Gasteiger partial charge in [0.25, 0.3) is 0 Å². The molecule has 0 unspecified atom stereocenters. The Morgan fingerprint density at radius 2 is 2.26 bits per heavy atom. The standard InChI is InChI=1S/C14H14ClN3S/c1-9-6-10(2-3-12(9)15)13-7-18-11(4-5-16)8-19-14(18)17-13/h2-3,6-8H,4-5,16H2,1H3. The fourth-order valence-electron chi connectivity index (χ4n) is 2.10. The molecule has 5 heteroatoms. The number of thiazole rings is 1. The Labute approximate surface area is 120 Å². The van der Waals surface area contributed by atoms with Crippen LogP contribution in [0, 0.1) is 6.92 Å². The molecule has 19 heavy (non-hydrogen) atoms. The fourth-order valence-corrected chi connectivity index (χ4v) is 3.13. The summed E-state index contributed by atoms with van der Waals surface area (Å²) in [5.74, 6) is 0. The van der Waals surface area contributed by atoms with Gasteiger partial charge < -0.3 is 5.73 Å². The molecule has 0 aliphatic rings. The fraction of sp³-hybridized carbons (Fsp3) is 0.214. The normalized spacial score (nSPS) is 11.3. The summed E-state index contributed by atoms with van der Waals surface area (Å²) in [4.78, 5) is 5.66. The van der Waals surface area contributed by atoms with Crippen LogP contribution in [0.1, 0.15) is 11.3 Å². The van der Waals surface area contributed by atoms with Crippen LogP contribution in [0.5, 0.6) is 0 Å². The molecule has 0 atom stereocenters. The van der Waals surface area contributed by atoms with Gasteiger partial charge in [-0.2, -0.15) is 0 Å². The summed E-state index contributed by atoms with van der Waals surface area (Å²) in [6.07, 6.45) is 2.94. The lowest BCUT2D eigenvalue weighted by molar-refractivity contribution is 0.909. The molecule has 0 aliphatic heterocycles. The predicted octanol–water partition coefficient (Wildman–Crippen LogP) is 3.53. The topological polar surface area (TPSA) is 43.3 Å². The average Bonchev–Trinajstić information content (AvgIpc) is 2.95. The molecule has 3 aromatic rings. The Morgan fingerprint density at radius 3 is 3.00 bits per heavy atom. The van der Waals surface area contributed by atoms with Crippen LogP contribution in [-0.2, 0) is 6.42 Å². The van der Waals surface area contributed by atoms with Gasteiger partial charge in [0.2, 0.25) is 0 Å². The summed E-state index contributed by atoms with van der Waals surface area (Å²) in [5, 5.41) is 2.90. The van der Waals surface area contributed by atoms with E-state index in [1.54, 1.807) is 11.3 Å². The third-order valence-corrected chi connectivity index (χ3v) is 4.45. The number of fused-ring (bicyclic) bond motifs is 1. The molecule has 3 nitrogen and oxygen atoms in total. The molecule has 0 amide bonds. The number of rotatable bonds is 3. The van der Waals surface area contributed by atoms with Crippen molar-refractivity contribution in [2.75, 3.05) is 6.54 Å². The average molecular weight is 292 g/mol. The van der Waals surface area contributed by atoms with E-state index >= 15 is 0 Å². The van der Waals surface area contributed by atoms with E-state index in [0.717, 1.165) is 33.2 Å². The summed E-state index contributed by atoms with van der Waals surface area (Å²) in [7, 11) is 0. The van der Waals surface area contributed by atoms with Gasteiger partial charge in [-0.05, 0) is 31.2 Å². The Kier molecular flexibility index (Phi) is 3.31. The van der Waals surface area contributed by atoms with Crippen LogP contribution in [0.3, 0.4) is 0 Å². The summed E-state index contributed by atoms with van der Waals surface area (Å²) in [6, 6.07) is 5.99. The zero-order valence-electron chi connectivity index (χ0n) is 10.6. The molecule has 98 valence electrons. The first-order valence-corrected chi connectivity index (χ1v) is 7.37. The first-order chi connectivity index (χ1) is 9.19. The van der Waals surface area contributed by atoms with Crippen LogP contribution < -0.4 is 5.73 Å². The zero-order valence-corrected chi connectivity index (χ0v) is 12.1. The van der Waals surface area contributed by atoms with Gasteiger partial charge in [-0.25, -0.2) is 4.98 Å². The third-order valence-electron chi connectivity index (χ3n) is 3.14. The van der Waals surface area contributed by atoms with Gasteiger partial charge in [0.1, 0.15) is 0 Å². The molecule has 0 bridgehead atoms. The highest BCUT2D eigenvalue weighted by Crippen LogP contribution is 2.26. The lowest BCUT2D eigenvalue weighted by atomic mass is 10.1. The Bertz CT molecular complexity index is 729. The Balaban J connectivity index is 2.07. The molecule has 0 radical (unpaired) electrons. The number of halogens is 1. The SMILES string of the molecule is Cc1cc(-c2cn3c(CCN)csc3n2)ccc1Cl. The third kappa shape index (κ3) is 2.27. The van der Waals surface area contributed by atoms with E-state index < -0.39 is 0 Å². The number of imidazole rings is 1. The van der Waals surface area contributed by atoms with E-state index in [4.69, 9.17) is 17.3 Å². The molecule has 2 heterocycles. The van der Waals surface area contributed by atoms with Gasteiger partial charge in [-0.15, -0.1) is 11.3 Å². The highest BCUT2D eigenvalue weighted by atomic mass is 35.5. The predicted molar refractivity (Wildman–Crippen MR) is 81.0 cm³/mol. The van der Waals surface area contributed by atoms with Gasteiger partial charge in [0, 0.05) is 34.3 Å². The molecule has 3 rings (SSSR count). The van der Waals surface area contributed by atoms with Crippen molar-refractivity contribution in [1.29, 1.82) is 0 Å². The van der Waals surface area contributed by atoms with Crippen molar-refractivity contribution in [3.8, 4) is 11.3 Å². The second kappa shape index (κ2) is 4.96. The lowest BCUT2D eigenvalue weighted by Crippen LogP contribution is -2.04. The minimum Gasteiger partial charge on any atom is -0.330 e. The zero-order chi connectivity index (χ0) is 13.4. The second-order valence-electron chi connectivity index (χ2n) is 4.51. The Morgan fingerprint density at radius 1 is 1.42 bits per heavy atom. The van der Waals surface area contributed by atoms with Crippen molar-refractivity contribution in [3.63, 3.8) is 0 Å². The number of aromatic nitrogens is 2. The Hall–Kier alpha value is -1.36. The van der Waals surface area contributed by atoms with Gasteiger partial charge >= 0.3 is 0 Å². The van der Waals surface area contributed by atoms with Crippen molar-refractivity contribution in [2.45, 2.75) is 13.3 Å². The highest BCUT2D eigenvalue weighted by molar-refractivity contribution is 7.15.